The van der Waals surface area contributed by atoms with Crippen molar-refractivity contribution in [2.75, 3.05) is 6.61 Å². The highest BCUT2D eigenvalue weighted by molar-refractivity contribution is 5.68. The van der Waals surface area contributed by atoms with Gasteiger partial charge in [0.25, 0.3) is 5.56 Å². The zero-order chi connectivity index (χ0) is 13.6. The van der Waals surface area contributed by atoms with E-state index in [4.69, 9.17) is 9.84 Å². The lowest BCUT2D eigenvalue weighted by atomic mass is 10.2. The van der Waals surface area contributed by atoms with Crippen molar-refractivity contribution in [2.45, 2.75) is 24.9 Å². The van der Waals surface area contributed by atoms with E-state index in [0.29, 0.717) is 0 Å². The summed E-state index contributed by atoms with van der Waals surface area (Å²) in [7, 11) is 0. The third-order valence-electron chi connectivity index (χ3n) is 3.18. The zero-order valence-electron chi connectivity index (χ0n) is 9.74. The fraction of sp³-hybridized carbons (Fsp3) is 0.500. The maximum absolute atomic E-state index is 11.9. The van der Waals surface area contributed by atoms with Gasteiger partial charge in [-0.3, -0.25) is 9.78 Å². The maximum atomic E-state index is 11.9. The van der Waals surface area contributed by atoms with Crippen LogP contribution >= 0.6 is 0 Å². The Kier molecular flexibility index (Phi) is 2.73. The summed E-state index contributed by atoms with van der Waals surface area (Å²) in [4.78, 5) is 32.1. The number of H-pyrrole nitrogens is 2. The molecule has 9 nitrogen and oxygen atoms in total. The second kappa shape index (κ2) is 4.30. The fourth-order valence-electron chi connectivity index (χ4n) is 2.25. The fourth-order valence-corrected chi connectivity index (χ4v) is 2.25. The largest absolute Gasteiger partial charge is 0.394 e. The molecule has 0 amide bonds. The molecule has 1 aliphatic rings. The molecule has 0 unspecified atom stereocenters. The molecular formula is C10H12N4O5. The summed E-state index contributed by atoms with van der Waals surface area (Å²) in [5, 5.41) is 18.7. The first-order chi connectivity index (χ1) is 9.11. The molecule has 0 bridgehead atoms. The van der Waals surface area contributed by atoms with Crippen LogP contribution in [-0.2, 0) is 4.74 Å². The number of nitrogens with one attached hydrogen (secondary N) is 2. The minimum absolute atomic E-state index is 0.0537. The molecule has 1 fully saturated rings. The molecule has 0 aromatic carbocycles. The monoisotopic (exact) mass is 268 g/mol. The third-order valence-corrected chi connectivity index (χ3v) is 3.18. The van der Waals surface area contributed by atoms with E-state index >= 15 is 0 Å². The number of aliphatic hydroxyl groups is 2. The zero-order valence-corrected chi connectivity index (χ0v) is 9.74. The van der Waals surface area contributed by atoms with Crippen LogP contribution in [0.1, 0.15) is 12.6 Å². The molecule has 9 heteroatoms. The first kappa shape index (κ1) is 12.1. The van der Waals surface area contributed by atoms with Crippen LogP contribution in [0.2, 0.25) is 0 Å². The van der Waals surface area contributed by atoms with Crippen molar-refractivity contribution in [2.24, 2.45) is 0 Å². The van der Waals surface area contributed by atoms with E-state index in [1.165, 1.54) is 10.9 Å². The number of ether oxygens (including phenoxy) is 1. The number of hydrogen-bond acceptors (Lipinski definition) is 6. The Morgan fingerprint density at radius 1 is 1.53 bits per heavy atom. The number of rotatable bonds is 2. The van der Waals surface area contributed by atoms with E-state index in [-0.39, 0.29) is 24.2 Å². The second-order valence-corrected chi connectivity index (χ2v) is 4.35. The van der Waals surface area contributed by atoms with Gasteiger partial charge in [0.1, 0.15) is 12.3 Å². The summed E-state index contributed by atoms with van der Waals surface area (Å²) in [6.45, 7) is -0.344. The average Bonchev–Trinajstić information content (AvgIpc) is 2.90. The predicted octanol–water partition coefficient (Wildman–Crippen LogP) is -1.95. The Bertz CT molecular complexity index is 717. The molecular weight excluding hydrogens is 256 g/mol. The molecule has 0 radical (unpaired) electrons. The van der Waals surface area contributed by atoms with Crippen LogP contribution in [0.4, 0.5) is 0 Å². The van der Waals surface area contributed by atoms with E-state index in [9.17, 15) is 14.7 Å². The van der Waals surface area contributed by atoms with Crippen molar-refractivity contribution < 1.29 is 14.9 Å². The van der Waals surface area contributed by atoms with Crippen molar-refractivity contribution in [1.29, 1.82) is 0 Å². The highest BCUT2D eigenvalue weighted by atomic mass is 16.5. The Balaban J connectivity index is 2.12. The van der Waals surface area contributed by atoms with Crippen LogP contribution in [-0.4, -0.2) is 48.5 Å². The summed E-state index contributed by atoms with van der Waals surface area (Å²) < 4.78 is 6.56. The molecule has 3 rings (SSSR count). The second-order valence-electron chi connectivity index (χ2n) is 4.35. The molecule has 3 heterocycles. The lowest BCUT2D eigenvalue weighted by molar-refractivity contribution is -0.0441. The summed E-state index contributed by atoms with van der Waals surface area (Å²) in [5.41, 5.74) is -0.796. The number of nitrogens with zero attached hydrogens (tertiary/aromatic N) is 2. The lowest BCUT2D eigenvalue weighted by Gasteiger charge is -2.12. The van der Waals surface area contributed by atoms with Crippen molar-refractivity contribution in [3.63, 3.8) is 0 Å². The Morgan fingerprint density at radius 3 is 3.00 bits per heavy atom. The minimum Gasteiger partial charge on any atom is -0.394 e. The smallest absolute Gasteiger partial charge is 0.329 e. The van der Waals surface area contributed by atoms with Gasteiger partial charge < -0.3 is 19.9 Å². The Labute approximate surface area is 105 Å². The number of aromatic nitrogens is 4. The molecule has 2 aromatic heterocycles. The molecule has 3 atom stereocenters. The van der Waals surface area contributed by atoms with Crippen LogP contribution in [0.5, 0.6) is 0 Å². The normalized spacial score (nSPS) is 27.2. The number of imidazole rings is 1. The molecule has 2 aromatic rings. The SMILES string of the molecule is O=c1[nH]cnc2c1[nH]c(=O)n2[C@H]1C[C@@H](O)[C@@H](CO)O1. The van der Waals surface area contributed by atoms with Gasteiger partial charge in [-0.1, -0.05) is 0 Å². The number of aromatic amines is 2. The quantitative estimate of drug-likeness (QED) is 0.500. The van der Waals surface area contributed by atoms with Gasteiger partial charge >= 0.3 is 5.69 Å². The molecule has 0 saturated carbocycles. The van der Waals surface area contributed by atoms with Gasteiger partial charge in [0.15, 0.2) is 11.2 Å². The number of fused-ring (bicyclic) bond motifs is 1. The predicted molar refractivity (Wildman–Crippen MR) is 62.6 cm³/mol. The molecule has 1 saturated heterocycles. The van der Waals surface area contributed by atoms with E-state index in [0.717, 1.165) is 0 Å². The standard InChI is InChI=1S/C10H12N4O5/c15-2-5-4(16)1-6(19-5)14-8-7(13-10(14)18)9(17)12-3-11-8/h3-6,15-16H,1-2H2,(H,13,18)(H,11,12,17)/t4-,5-,6-/m1/s1. The van der Waals surface area contributed by atoms with Gasteiger partial charge in [-0.15, -0.1) is 0 Å². The summed E-state index contributed by atoms with van der Waals surface area (Å²) in [6, 6.07) is 0. The van der Waals surface area contributed by atoms with Gasteiger partial charge in [-0.25, -0.2) is 14.3 Å². The first-order valence-corrected chi connectivity index (χ1v) is 5.74. The molecule has 0 aliphatic carbocycles. The topological polar surface area (TPSA) is 133 Å². The maximum Gasteiger partial charge on any atom is 0.329 e. The third kappa shape index (κ3) is 1.79. The minimum atomic E-state index is -0.867. The van der Waals surface area contributed by atoms with E-state index in [1.807, 2.05) is 0 Å². The van der Waals surface area contributed by atoms with Gasteiger partial charge in [0.05, 0.1) is 19.0 Å². The van der Waals surface area contributed by atoms with Crippen LogP contribution in [0, 0.1) is 0 Å². The van der Waals surface area contributed by atoms with Gasteiger partial charge in [0, 0.05) is 6.42 Å². The molecule has 0 spiro atoms. The van der Waals surface area contributed by atoms with Gasteiger partial charge in [0.2, 0.25) is 0 Å². The first-order valence-electron chi connectivity index (χ1n) is 5.74. The van der Waals surface area contributed by atoms with Crippen LogP contribution in [0.15, 0.2) is 15.9 Å². The number of aliphatic hydroxyl groups excluding tert-OH is 2. The van der Waals surface area contributed by atoms with Crippen molar-refractivity contribution in [1.82, 2.24) is 19.5 Å². The molecule has 102 valence electrons. The number of hydrogen-bond donors (Lipinski definition) is 4. The highest BCUT2D eigenvalue weighted by Crippen LogP contribution is 2.28. The van der Waals surface area contributed by atoms with Crippen LogP contribution < -0.4 is 11.2 Å². The Morgan fingerprint density at radius 2 is 2.32 bits per heavy atom. The van der Waals surface area contributed by atoms with Gasteiger partial charge in [-0.05, 0) is 0 Å². The molecule has 1 aliphatic heterocycles. The highest BCUT2D eigenvalue weighted by Gasteiger charge is 2.36. The summed E-state index contributed by atoms with van der Waals surface area (Å²) >= 11 is 0. The summed E-state index contributed by atoms with van der Waals surface area (Å²) in [6.07, 6.45) is -1.05. The molecule has 4 N–H and O–H groups in total. The van der Waals surface area contributed by atoms with Crippen molar-refractivity contribution >= 4 is 11.2 Å². The summed E-state index contributed by atoms with van der Waals surface area (Å²) in [5.74, 6) is 0. The average molecular weight is 268 g/mol. The van der Waals surface area contributed by atoms with E-state index in [1.54, 1.807) is 0 Å². The van der Waals surface area contributed by atoms with Crippen molar-refractivity contribution in [3.05, 3.63) is 27.2 Å². The van der Waals surface area contributed by atoms with Gasteiger partial charge in [-0.2, -0.15) is 0 Å². The van der Waals surface area contributed by atoms with Crippen LogP contribution in [0.3, 0.4) is 0 Å². The van der Waals surface area contributed by atoms with Crippen LogP contribution in [0.25, 0.3) is 11.2 Å². The Hall–Kier alpha value is -1.97. The molecule has 19 heavy (non-hydrogen) atoms. The van der Waals surface area contributed by atoms with Crippen molar-refractivity contribution in [3.8, 4) is 0 Å². The lowest BCUT2D eigenvalue weighted by Crippen LogP contribution is -2.25. The van der Waals surface area contributed by atoms with E-state index in [2.05, 4.69) is 15.0 Å². The van der Waals surface area contributed by atoms with E-state index < -0.39 is 29.7 Å².